The molecule has 0 aliphatic carbocycles. The van der Waals surface area contributed by atoms with Gasteiger partial charge in [-0.25, -0.2) is 4.79 Å². The number of hydrogen-bond donors (Lipinski definition) is 1. The van der Waals surface area contributed by atoms with E-state index in [0.717, 1.165) is 18.4 Å². The Labute approximate surface area is 151 Å². The van der Waals surface area contributed by atoms with Crippen LogP contribution in [0.25, 0.3) is 0 Å². The lowest BCUT2D eigenvalue weighted by Crippen LogP contribution is -2.34. The van der Waals surface area contributed by atoms with E-state index in [4.69, 9.17) is 15.0 Å². The van der Waals surface area contributed by atoms with Gasteiger partial charge >= 0.3 is 6.03 Å². The highest BCUT2D eigenvalue weighted by molar-refractivity contribution is 5.77. The van der Waals surface area contributed by atoms with Gasteiger partial charge in [-0.2, -0.15) is 5.06 Å². The van der Waals surface area contributed by atoms with Crippen LogP contribution < -0.4 is 5.73 Å². The quantitative estimate of drug-likeness (QED) is 0.851. The molecule has 2 N–H and O–H groups in total. The smallest absolute Gasteiger partial charge is 0.345 e. The Morgan fingerprint density at radius 3 is 2.88 bits per heavy atom. The van der Waals surface area contributed by atoms with Crippen molar-refractivity contribution < 1.29 is 14.0 Å². The van der Waals surface area contributed by atoms with E-state index in [2.05, 4.69) is 10.2 Å². The Kier molecular flexibility index (Phi) is 4.60. The second-order valence-corrected chi connectivity index (χ2v) is 6.88. The maximum atomic E-state index is 12.8. The molecule has 4 rings (SSSR count). The normalized spacial score (nSPS) is 23.5. The van der Waals surface area contributed by atoms with Gasteiger partial charge in [-0.05, 0) is 18.4 Å². The Morgan fingerprint density at radius 1 is 1.31 bits per heavy atom. The Morgan fingerprint density at radius 2 is 2.12 bits per heavy atom. The number of nitrogens with two attached hydrogens (primary N) is 1. The number of amides is 2. The van der Waals surface area contributed by atoms with Gasteiger partial charge in [-0.3, -0.25) is 4.84 Å². The minimum Gasteiger partial charge on any atom is -0.423 e. The van der Waals surface area contributed by atoms with Crippen molar-refractivity contribution in [1.82, 2.24) is 20.2 Å². The van der Waals surface area contributed by atoms with E-state index < -0.39 is 0 Å². The molecular weight excluding hydrogens is 334 g/mol. The van der Waals surface area contributed by atoms with Crippen molar-refractivity contribution in [3.05, 3.63) is 47.7 Å². The van der Waals surface area contributed by atoms with Gasteiger partial charge < -0.3 is 15.1 Å². The zero-order valence-electron chi connectivity index (χ0n) is 14.7. The topological polar surface area (TPSA) is 97.7 Å². The van der Waals surface area contributed by atoms with Crippen LogP contribution in [0.15, 0.2) is 34.7 Å². The number of urea groups is 1. The first kappa shape index (κ1) is 17.0. The first-order chi connectivity index (χ1) is 12.7. The number of carbonyl (C=O) groups is 1. The Bertz CT molecular complexity index is 765. The summed E-state index contributed by atoms with van der Waals surface area (Å²) >= 11 is 0. The fraction of sp³-hybridized carbons (Fsp3) is 0.500. The van der Waals surface area contributed by atoms with E-state index in [9.17, 15) is 4.79 Å². The number of hydroxylamine groups is 2. The minimum atomic E-state index is -0.199. The zero-order chi connectivity index (χ0) is 18.1. The molecule has 0 spiro atoms. The number of aromatic nitrogens is 2. The highest BCUT2D eigenvalue weighted by atomic mass is 16.7. The molecule has 0 saturated carbocycles. The number of fused-ring (bicyclic) bond motifs is 2. The summed E-state index contributed by atoms with van der Waals surface area (Å²) in [6.07, 6.45) is 1.62. The monoisotopic (exact) mass is 357 g/mol. The van der Waals surface area contributed by atoms with Crippen LogP contribution in [-0.2, 0) is 11.4 Å². The lowest BCUT2D eigenvalue weighted by molar-refractivity contribution is -0.140. The predicted octanol–water partition coefficient (Wildman–Crippen LogP) is 2.20. The fourth-order valence-corrected chi connectivity index (χ4v) is 3.45. The van der Waals surface area contributed by atoms with Gasteiger partial charge in [0.05, 0.1) is 6.04 Å². The third-order valence-electron chi connectivity index (χ3n) is 5.05. The average molecular weight is 357 g/mol. The predicted molar refractivity (Wildman–Crippen MR) is 92.7 cm³/mol. The SMILES string of the molecule is C[C@@H](CN)c1nnc([C@@H]2CC[C@@H]3CN2C(=O)N3OCc2ccccc2)o1. The van der Waals surface area contributed by atoms with Gasteiger partial charge in [0.2, 0.25) is 11.8 Å². The first-order valence-electron chi connectivity index (χ1n) is 8.97. The summed E-state index contributed by atoms with van der Waals surface area (Å²) in [5.41, 5.74) is 6.69. The number of carbonyl (C=O) groups excluding carboxylic acids is 1. The van der Waals surface area contributed by atoms with Gasteiger partial charge in [0.15, 0.2) is 0 Å². The second-order valence-electron chi connectivity index (χ2n) is 6.88. The van der Waals surface area contributed by atoms with Crippen molar-refractivity contribution in [2.45, 2.75) is 44.4 Å². The molecule has 138 valence electrons. The van der Waals surface area contributed by atoms with Crippen LogP contribution in [0.2, 0.25) is 0 Å². The molecule has 2 aliphatic heterocycles. The number of nitrogens with zero attached hydrogens (tertiary/aromatic N) is 4. The molecule has 1 aromatic heterocycles. The zero-order valence-corrected chi connectivity index (χ0v) is 14.7. The molecule has 1 aromatic carbocycles. The second kappa shape index (κ2) is 7.05. The summed E-state index contributed by atoms with van der Waals surface area (Å²) in [7, 11) is 0. The van der Waals surface area contributed by atoms with Crippen molar-refractivity contribution >= 4 is 6.03 Å². The lowest BCUT2D eigenvalue weighted by atomic mass is 10.0. The third kappa shape index (κ3) is 3.06. The van der Waals surface area contributed by atoms with Crippen LogP contribution in [0.1, 0.15) is 49.1 Å². The lowest BCUT2D eigenvalue weighted by Gasteiger charge is -2.27. The van der Waals surface area contributed by atoms with E-state index in [-0.39, 0.29) is 24.0 Å². The average Bonchev–Trinajstić information content (AvgIpc) is 3.26. The molecule has 8 nitrogen and oxygen atoms in total. The first-order valence-corrected chi connectivity index (χ1v) is 8.97. The number of benzene rings is 1. The van der Waals surface area contributed by atoms with Crippen LogP contribution in [0, 0.1) is 0 Å². The van der Waals surface area contributed by atoms with Gasteiger partial charge in [-0.1, -0.05) is 37.3 Å². The molecular formula is C18H23N5O3. The number of hydrogen-bond acceptors (Lipinski definition) is 6. The molecule has 26 heavy (non-hydrogen) atoms. The van der Waals surface area contributed by atoms with Crippen molar-refractivity contribution in [3.63, 3.8) is 0 Å². The molecule has 2 amide bonds. The van der Waals surface area contributed by atoms with Gasteiger partial charge in [0.1, 0.15) is 12.6 Å². The van der Waals surface area contributed by atoms with Crippen molar-refractivity contribution in [2.75, 3.05) is 13.1 Å². The number of piperidine rings is 1. The molecule has 2 aromatic rings. The standard InChI is InChI=1S/C18H23N5O3/c1-12(9-19)16-20-21-17(26-16)15-8-7-14-10-22(15)18(24)23(14)25-11-13-5-3-2-4-6-13/h2-6,12,14-15H,7-11,19H2,1H3/t12-,14+,15-/m0/s1. The fourth-order valence-electron chi connectivity index (χ4n) is 3.45. The molecule has 8 heteroatoms. The summed E-state index contributed by atoms with van der Waals surface area (Å²) < 4.78 is 5.78. The van der Waals surface area contributed by atoms with Gasteiger partial charge in [-0.15, -0.1) is 10.2 Å². The molecule has 3 heterocycles. The Hall–Kier alpha value is -2.45. The van der Waals surface area contributed by atoms with E-state index in [1.165, 1.54) is 5.06 Å². The van der Waals surface area contributed by atoms with Crippen molar-refractivity contribution in [2.24, 2.45) is 5.73 Å². The number of rotatable bonds is 6. The maximum Gasteiger partial charge on any atom is 0.345 e. The molecule has 0 radical (unpaired) electrons. The summed E-state index contributed by atoms with van der Waals surface area (Å²) in [5, 5.41) is 9.75. The van der Waals surface area contributed by atoms with Crippen molar-refractivity contribution in [3.8, 4) is 0 Å². The summed E-state index contributed by atoms with van der Waals surface area (Å²) in [6, 6.07) is 9.55. The molecule has 3 atom stereocenters. The van der Waals surface area contributed by atoms with Crippen LogP contribution in [-0.4, -0.2) is 45.3 Å². The van der Waals surface area contributed by atoms with Crippen LogP contribution >= 0.6 is 0 Å². The van der Waals surface area contributed by atoms with Gasteiger partial charge in [0, 0.05) is 19.0 Å². The largest absolute Gasteiger partial charge is 0.423 e. The Balaban J connectivity index is 1.45. The van der Waals surface area contributed by atoms with Gasteiger partial charge in [0.25, 0.3) is 0 Å². The molecule has 2 saturated heterocycles. The summed E-state index contributed by atoms with van der Waals surface area (Å²) in [6.45, 7) is 3.37. The third-order valence-corrected chi connectivity index (χ3v) is 5.05. The molecule has 2 bridgehead atoms. The summed E-state index contributed by atoms with van der Waals surface area (Å²) in [4.78, 5) is 20.4. The highest BCUT2D eigenvalue weighted by Gasteiger charge is 2.47. The van der Waals surface area contributed by atoms with E-state index >= 15 is 0 Å². The molecule has 2 fully saturated rings. The maximum absolute atomic E-state index is 12.8. The summed E-state index contributed by atoms with van der Waals surface area (Å²) in [5.74, 6) is 1.01. The van der Waals surface area contributed by atoms with Crippen molar-refractivity contribution in [1.29, 1.82) is 0 Å². The van der Waals surface area contributed by atoms with E-state index in [0.29, 0.717) is 31.5 Å². The van der Waals surface area contributed by atoms with Crippen LogP contribution in [0.3, 0.4) is 0 Å². The minimum absolute atomic E-state index is 0.00701. The van der Waals surface area contributed by atoms with E-state index in [1.54, 1.807) is 4.90 Å². The van der Waals surface area contributed by atoms with E-state index in [1.807, 2.05) is 37.3 Å². The molecule has 0 unspecified atom stereocenters. The highest BCUT2D eigenvalue weighted by Crippen LogP contribution is 2.38. The van der Waals surface area contributed by atoms with Crippen LogP contribution in [0.4, 0.5) is 4.79 Å². The molecule has 2 aliphatic rings. The van der Waals surface area contributed by atoms with Crippen LogP contribution in [0.5, 0.6) is 0 Å².